The van der Waals surface area contributed by atoms with Gasteiger partial charge in [-0.3, -0.25) is 9.89 Å². The normalized spacial score (nSPS) is 24.3. The number of likely N-dealkylation sites (tertiary alicyclic amines) is 2. The highest BCUT2D eigenvalue weighted by molar-refractivity contribution is 5.78. The summed E-state index contributed by atoms with van der Waals surface area (Å²) in [6, 6.07) is 2.09. The molecular weight excluding hydrogens is 280 g/mol. The molecule has 0 saturated carbocycles. The fourth-order valence-corrected chi connectivity index (χ4v) is 3.68. The van der Waals surface area contributed by atoms with Crippen LogP contribution in [0.4, 0.5) is 0 Å². The van der Waals surface area contributed by atoms with Crippen LogP contribution in [0.25, 0.3) is 0 Å². The van der Waals surface area contributed by atoms with Crippen LogP contribution in [-0.4, -0.2) is 72.3 Å². The Morgan fingerprint density at radius 3 is 2.91 bits per heavy atom. The molecule has 0 spiro atoms. The molecule has 1 N–H and O–H groups in total. The van der Waals surface area contributed by atoms with Gasteiger partial charge in [0, 0.05) is 51.0 Å². The lowest BCUT2D eigenvalue weighted by Crippen LogP contribution is -2.37. The van der Waals surface area contributed by atoms with Gasteiger partial charge in [0.15, 0.2) is 0 Å². The molecule has 1 aromatic heterocycles. The molecule has 122 valence electrons. The summed E-state index contributed by atoms with van der Waals surface area (Å²) in [6.07, 6.45) is 4.89. The highest BCUT2D eigenvalue weighted by Crippen LogP contribution is 2.28. The number of rotatable bonds is 6. The lowest BCUT2D eigenvalue weighted by atomic mass is 9.93. The van der Waals surface area contributed by atoms with Crippen LogP contribution in [-0.2, 0) is 9.53 Å². The fraction of sp³-hybridized carbons (Fsp3) is 0.750. The molecule has 1 atom stereocenters. The van der Waals surface area contributed by atoms with E-state index in [9.17, 15) is 4.79 Å². The number of H-pyrrole nitrogens is 1. The van der Waals surface area contributed by atoms with Crippen molar-refractivity contribution in [1.82, 2.24) is 20.0 Å². The number of hydrogen-bond acceptors (Lipinski definition) is 4. The Balaban J connectivity index is 1.42. The van der Waals surface area contributed by atoms with Gasteiger partial charge in [-0.1, -0.05) is 0 Å². The lowest BCUT2D eigenvalue weighted by Gasteiger charge is -2.32. The minimum absolute atomic E-state index is 0.286. The zero-order valence-electron chi connectivity index (χ0n) is 13.3. The predicted octanol–water partition coefficient (Wildman–Crippen LogP) is 1.08. The molecule has 0 aromatic carbocycles. The maximum atomic E-state index is 12.0. The fourth-order valence-electron chi connectivity index (χ4n) is 3.68. The second-order valence-electron chi connectivity index (χ2n) is 6.49. The zero-order valence-corrected chi connectivity index (χ0v) is 13.3. The Morgan fingerprint density at radius 1 is 1.41 bits per heavy atom. The first-order valence-electron chi connectivity index (χ1n) is 8.24. The summed E-state index contributed by atoms with van der Waals surface area (Å²) in [5, 5.41) is 7.14. The summed E-state index contributed by atoms with van der Waals surface area (Å²) in [4.78, 5) is 16.4. The third kappa shape index (κ3) is 3.67. The Labute approximate surface area is 131 Å². The quantitative estimate of drug-likeness (QED) is 0.854. The number of piperidine rings is 1. The average molecular weight is 306 g/mol. The highest BCUT2D eigenvalue weighted by Gasteiger charge is 2.31. The van der Waals surface area contributed by atoms with Gasteiger partial charge in [-0.25, -0.2) is 0 Å². The van der Waals surface area contributed by atoms with Crippen molar-refractivity contribution in [2.45, 2.75) is 25.2 Å². The Bertz CT molecular complexity index is 469. The summed E-state index contributed by atoms with van der Waals surface area (Å²) in [5.41, 5.74) is 1.27. The molecule has 6 nitrogen and oxygen atoms in total. The van der Waals surface area contributed by atoms with Gasteiger partial charge in [0.1, 0.15) is 0 Å². The number of carbonyl (C=O) groups excluding carboxylic acids is 1. The van der Waals surface area contributed by atoms with Gasteiger partial charge >= 0.3 is 0 Å². The molecule has 0 bridgehead atoms. The van der Waals surface area contributed by atoms with Crippen LogP contribution in [0.3, 0.4) is 0 Å². The third-order valence-corrected chi connectivity index (χ3v) is 4.93. The van der Waals surface area contributed by atoms with Crippen molar-refractivity contribution in [2.24, 2.45) is 5.92 Å². The summed E-state index contributed by atoms with van der Waals surface area (Å²) >= 11 is 0. The molecule has 6 heteroatoms. The van der Waals surface area contributed by atoms with E-state index in [1.807, 2.05) is 11.1 Å². The molecule has 1 unspecified atom stereocenters. The molecule has 0 radical (unpaired) electrons. The zero-order chi connectivity index (χ0) is 15.4. The van der Waals surface area contributed by atoms with Crippen LogP contribution < -0.4 is 0 Å². The molecule has 3 rings (SSSR count). The van der Waals surface area contributed by atoms with Crippen LogP contribution in [0, 0.1) is 5.92 Å². The number of carbonyl (C=O) groups is 1. The van der Waals surface area contributed by atoms with E-state index < -0.39 is 0 Å². The topological polar surface area (TPSA) is 61.5 Å². The molecule has 0 aliphatic carbocycles. The number of hydrogen-bond donors (Lipinski definition) is 1. The van der Waals surface area contributed by atoms with E-state index in [1.54, 1.807) is 7.11 Å². The van der Waals surface area contributed by atoms with E-state index in [0.717, 1.165) is 32.7 Å². The van der Waals surface area contributed by atoms with Gasteiger partial charge in [0.25, 0.3) is 0 Å². The average Bonchev–Trinajstić information content (AvgIpc) is 3.16. The monoisotopic (exact) mass is 306 g/mol. The summed E-state index contributed by atoms with van der Waals surface area (Å²) < 4.78 is 5.07. The van der Waals surface area contributed by atoms with Crippen molar-refractivity contribution in [1.29, 1.82) is 0 Å². The van der Waals surface area contributed by atoms with Crippen LogP contribution in [0.1, 0.15) is 30.9 Å². The first kappa shape index (κ1) is 15.5. The molecule has 1 amide bonds. The first-order valence-corrected chi connectivity index (χ1v) is 8.24. The van der Waals surface area contributed by atoms with Crippen LogP contribution >= 0.6 is 0 Å². The summed E-state index contributed by atoms with van der Waals surface area (Å²) in [6.45, 7) is 5.54. The van der Waals surface area contributed by atoms with E-state index in [1.165, 1.54) is 18.5 Å². The maximum Gasteiger partial charge on any atom is 0.223 e. The smallest absolute Gasteiger partial charge is 0.223 e. The first-order chi connectivity index (χ1) is 10.8. The molecule has 22 heavy (non-hydrogen) atoms. The largest absolute Gasteiger partial charge is 0.383 e. The standard InChI is InChI=1S/C16H26N4O2/c1-22-9-8-20-12-13(10-16(20)21)11-19-6-3-14(4-7-19)15-2-5-17-18-15/h2,5,13-14H,3-4,6-12H2,1H3,(H,17,18). The van der Waals surface area contributed by atoms with E-state index in [4.69, 9.17) is 4.74 Å². The van der Waals surface area contributed by atoms with Crippen molar-refractivity contribution in [3.63, 3.8) is 0 Å². The number of amides is 1. The Hall–Kier alpha value is -1.40. The van der Waals surface area contributed by atoms with Crippen LogP contribution in [0.15, 0.2) is 12.3 Å². The minimum atomic E-state index is 0.286. The van der Waals surface area contributed by atoms with Crippen molar-refractivity contribution >= 4 is 5.91 Å². The predicted molar refractivity (Wildman–Crippen MR) is 83.6 cm³/mol. The van der Waals surface area contributed by atoms with Gasteiger partial charge in [-0.15, -0.1) is 0 Å². The maximum absolute atomic E-state index is 12.0. The van der Waals surface area contributed by atoms with Crippen LogP contribution in [0.2, 0.25) is 0 Å². The highest BCUT2D eigenvalue weighted by atomic mass is 16.5. The van der Waals surface area contributed by atoms with E-state index in [0.29, 0.717) is 24.9 Å². The molecule has 2 aliphatic heterocycles. The van der Waals surface area contributed by atoms with Gasteiger partial charge in [-0.2, -0.15) is 5.10 Å². The van der Waals surface area contributed by atoms with Crippen molar-refractivity contribution in [3.05, 3.63) is 18.0 Å². The van der Waals surface area contributed by atoms with Gasteiger partial charge in [0.05, 0.1) is 6.61 Å². The number of nitrogens with one attached hydrogen (secondary N) is 1. The third-order valence-electron chi connectivity index (χ3n) is 4.93. The van der Waals surface area contributed by atoms with Crippen LogP contribution in [0.5, 0.6) is 0 Å². The molecular formula is C16H26N4O2. The molecule has 2 fully saturated rings. The molecule has 2 saturated heterocycles. The summed E-state index contributed by atoms with van der Waals surface area (Å²) in [5.74, 6) is 1.38. The van der Waals surface area contributed by atoms with E-state index >= 15 is 0 Å². The van der Waals surface area contributed by atoms with Crippen molar-refractivity contribution < 1.29 is 9.53 Å². The van der Waals surface area contributed by atoms with Gasteiger partial charge in [-0.05, 0) is 37.9 Å². The molecule has 1 aromatic rings. The number of ether oxygens (including phenoxy) is 1. The number of nitrogens with zero attached hydrogens (tertiary/aromatic N) is 3. The minimum Gasteiger partial charge on any atom is -0.383 e. The molecule has 2 aliphatic rings. The summed E-state index contributed by atoms with van der Waals surface area (Å²) in [7, 11) is 1.68. The molecule has 3 heterocycles. The van der Waals surface area contributed by atoms with Crippen molar-refractivity contribution in [3.8, 4) is 0 Å². The van der Waals surface area contributed by atoms with Crippen molar-refractivity contribution in [2.75, 3.05) is 46.4 Å². The number of aromatic amines is 1. The SMILES string of the molecule is COCCN1CC(CN2CCC(c3ccn[nH]3)CC2)CC1=O. The van der Waals surface area contributed by atoms with E-state index in [-0.39, 0.29) is 5.91 Å². The Kier molecular flexibility index (Phi) is 5.10. The lowest BCUT2D eigenvalue weighted by molar-refractivity contribution is -0.128. The number of methoxy groups -OCH3 is 1. The Morgan fingerprint density at radius 2 is 2.23 bits per heavy atom. The van der Waals surface area contributed by atoms with Gasteiger partial charge < -0.3 is 14.5 Å². The second kappa shape index (κ2) is 7.24. The van der Waals surface area contributed by atoms with E-state index in [2.05, 4.69) is 21.2 Å². The second-order valence-corrected chi connectivity index (χ2v) is 6.49. The number of aromatic nitrogens is 2. The van der Waals surface area contributed by atoms with Gasteiger partial charge in [0.2, 0.25) is 5.91 Å².